The molecule has 0 bridgehead atoms. The van der Waals surface area contributed by atoms with Gasteiger partial charge in [0.1, 0.15) is 11.1 Å². The van der Waals surface area contributed by atoms with E-state index in [1.165, 1.54) is 7.11 Å². The van der Waals surface area contributed by atoms with Gasteiger partial charge in [-0.2, -0.15) is 0 Å². The standard InChI is InChI=1S/C8H12NO4P/c1-5-6(2)13-14(11,12-3)7(4-9)8(5)10/h4H,9H2,1-3H3. The van der Waals surface area contributed by atoms with Crippen molar-refractivity contribution in [2.24, 2.45) is 5.73 Å². The highest BCUT2D eigenvalue weighted by atomic mass is 31.2. The minimum atomic E-state index is -3.53. The molecular formula is C8H12NO4P. The molecule has 0 aromatic rings. The van der Waals surface area contributed by atoms with Gasteiger partial charge in [-0.3, -0.25) is 9.32 Å². The Morgan fingerprint density at radius 2 is 2.07 bits per heavy atom. The summed E-state index contributed by atoms with van der Waals surface area (Å²) in [4.78, 5) is 11.6. The molecule has 1 aliphatic rings. The van der Waals surface area contributed by atoms with Gasteiger partial charge in [0.2, 0.25) is 5.78 Å². The molecule has 14 heavy (non-hydrogen) atoms. The lowest BCUT2D eigenvalue weighted by atomic mass is 10.1. The molecule has 1 heterocycles. The molecule has 0 radical (unpaired) electrons. The number of hydrogen-bond acceptors (Lipinski definition) is 5. The topological polar surface area (TPSA) is 78.6 Å². The maximum atomic E-state index is 11.9. The Bertz CT molecular complexity index is 383. The summed E-state index contributed by atoms with van der Waals surface area (Å²) in [6.45, 7) is 3.15. The molecule has 0 amide bonds. The Balaban J connectivity index is 3.33. The first-order valence-electron chi connectivity index (χ1n) is 3.96. The molecule has 0 saturated heterocycles. The largest absolute Gasteiger partial charge is 0.425 e. The summed E-state index contributed by atoms with van der Waals surface area (Å²) in [5.74, 6) is -0.0767. The second kappa shape index (κ2) is 3.59. The molecule has 0 fully saturated rings. The highest BCUT2D eigenvalue weighted by molar-refractivity contribution is 7.60. The molecule has 0 aromatic carbocycles. The van der Waals surface area contributed by atoms with Gasteiger partial charge < -0.3 is 10.3 Å². The van der Waals surface area contributed by atoms with E-state index in [1.807, 2.05) is 0 Å². The van der Waals surface area contributed by atoms with Crippen LogP contribution in [0.4, 0.5) is 0 Å². The second-order valence-electron chi connectivity index (χ2n) is 2.83. The Labute approximate surface area is 82.1 Å². The fourth-order valence-electron chi connectivity index (χ4n) is 1.08. The molecule has 0 aromatic heterocycles. The van der Waals surface area contributed by atoms with E-state index in [2.05, 4.69) is 0 Å². The molecule has 0 spiro atoms. The quantitative estimate of drug-likeness (QED) is 0.532. The highest BCUT2D eigenvalue weighted by Crippen LogP contribution is 2.60. The number of rotatable bonds is 1. The molecule has 2 N–H and O–H groups in total. The smallest absolute Gasteiger partial charge is 0.415 e. The van der Waals surface area contributed by atoms with Crippen LogP contribution in [0.5, 0.6) is 0 Å². The van der Waals surface area contributed by atoms with Crippen molar-refractivity contribution in [1.82, 2.24) is 0 Å². The predicted molar refractivity (Wildman–Crippen MR) is 51.4 cm³/mol. The normalized spacial score (nSPS) is 30.8. The van der Waals surface area contributed by atoms with E-state index in [-0.39, 0.29) is 11.1 Å². The maximum Gasteiger partial charge on any atom is 0.415 e. The van der Waals surface area contributed by atoms with Gasteiger partial charge in [0, 0.05) is 18.9 Å². The molecule has 0 saturated carbocycles. The first-order valence-corrected chi connectivity index (χ1v) is 5.50. The number of ketones is 1. The van der Waals surface area contributed by atoms with E-state index in [1.54, 1.807) is 13.8 Å². The number of carbonyl (C=O) groups excluding carboxylic acids is 1. The van der Waals surface area contributed by atoms with Gasteiger partial charge in [-0.05, 0) is 13.8 Å². The molecule has 1 aliphatic heterocycles. The van der Waals surface area contributed by atoms with Crippen molar-refractivity contribution >= 4 is 13.4 Å². The third kappa shape index (κ3) is 1.49. The second-order valence-corrected chi connectivity index (χ2v) is 4.86. The predicted octanol–water partition coefficient (Wildman–Crippen LogP) is 1.52. The summed E-state index contributed by atoms with van der Waals surface area (Å²) in [7, 11) is -2.31. The minimum Gasteiger partial charge on any atom is -0.425 e. The van der Waals surface area contributed by atoms with Crippen molar-refractivity contribution in [2.45, 2.75) is 13.8 Å². The van der Waals surface area contributed by atoms with Gasteiger partial charge in [-0.1, -0.05) is 0 Å². The van der Waals surface area contributed by atoms with Gasteiger partial charge in [-0.15, -0.1) is 0 Å². The van der Waals surface area contributed by atoms with Crippen LogP contribution in [0.1, 0.15) is 13.8 Å². The van der Waals surface area contributed by atoms with Crippen LogP contribution in [0.15, 0.2) is 22.8 Å². The average molecular weight is 217 g/mol. The first-order chi connectivity index (χ1) is 6.46. The van der Waals surface area contributed by atoms with Crippen molar-refractivity contribution in [3.63, 3.8) is 0 Å². The van der Waals surface area contributed by atoms with Crippen LogP contribution in [0, 0.1) is 0 Å². The summed E-state index contributed by atoms with van der Waals surface area (Å²) in [6.07, 6.45) is 0.975. The van der Waals surface area contributed by atoms with Gasteiger partial charge in [0.25, 0.3) is 0 Å². The van der Waals surface area contributed by atoms with Crippen molar-refractivity contribution in [2.75, 3.05) is 7.11 Å². The maximum absolute atomic E-state index is 11.9. The van der Waals surface area contributed by atoms with Crippen molar-refractivity contribution < 1.29 is 18.4 Å². The van der Waals surface area contributed by atoms with Crippen LogP contribution in [-0.4, -0.2) is 12.9 Å². The fourth-order valence-corrected chi connectivity index (χ4v) is 2.54. The van der Waals surface area contributed by atoms with Gasteiger partial charge in [-0.25, -0.2) is 4.57 Å². The minimum absolute atomic E-state index is 0.108. The zero-order chi connectivity index (χ0) is 10.9. The number of nitrogens with two attached hydrogens (primary N) is 1. The van der Waals surface area contributed by atoms with Crippen LogP contribution in [0.25, 0.3) is 0 Å². The van der Waals surface area contributed by atoms with Crippen LogP contribution >= 0.6 is 7.60 Å². The lowest BCUT2D eigenvalue weighted by Gasteiger charge is -2.24. The number of carbonyl (C=O) groups is 1. The van der Waals surface area contributed by atoms with E-state index in [0.29, 0.717) is 11.3 Å². The lowest BCUT2D eigenvalue weighted by molar-refractivity contribution is -0.112. The van der Waals surface area contributed by atoms with E-state index in [9.17, 15) is 9.36 Å². The molecule has 0 aliphatic carbocycles. The van der Waals surface area contributed by atoms with E-state index < -0.39 is 7.60 Å². The summed E-state index contributed by atoms with van der Waals surface area (Å²) < 4.78 is 21.6. The molecule has 6 heteroatoms. The Morgan fingerprint density at radius 3 is 2.50 bits per heavy atom. The SMILES string of the molecule is COP1(=O)OC(C)=C(C)C(=O)C1=CN. The molecule has 78 valence electrons. The Morgan fingerprint density at radius 1 is 1.50 bits per heavy atom. The van der Waals surface area contributed by atoms with Gasteiger partial charge in [0.15, 0.2) is 0 Å². The Hall–Kier alpha value is -1.06. The van der Waals surface area contributed by atoms with E-state index in [0.717, 1.165) is 6.20 Å². The first kappa shape index (κ1) is 11.0. The van der Waals surface area contributed by atoms with E-state index in [4.69, 9.17) is 14.8 Å². The molecule has 1 rings (SSSR count). The van der Waals surface area contributed by atoms with Crippen molar-refractivity contribution in [1.29, 1.82) is 0 Å². The average Bonchev–Trinajstić information content (AvgIpc) is 2.15. The van der Waals surface area contributed by atoms with Crippen LogP contribution < -0.4 is 5.73 Å². The van der Waals surface area contributed by atoms with Crippen molar-refractivity contribution in [3.05, 3.63) is 22.8 Å². The molecule has 5 nitrogen and oxygen atoms in total. The highest BCUT2D eigenvalue weighted by Gasteiger charge is 2.40. The third-order valence-electron chi connectivity index (χ3n) is 2.05. The number of Topliss-reactive ketones (excluding diaryl/α,β-unsaturated/α-hetero) is 1. The van der Waals surface area contributed by atoms with E-state index >= 15 is 0 Å². The zero-order valence-electron chi connectivity index (χ0n) is 8.23. The third-order valence-corrected chi connectivity index (χ3v) is 3.99. The van der Waals surface area contributed by atoms with Gasteiger partial charge >= 0.3 is 7.60 Å². The summed E-state index contributed by atoms with van der Waals surface area (Å²) in [5.41, 5.74) is 5.61. The van der Waals surface area contributed by atoms with Crippen molar-refractivity contribution in [3.8, 4) is 0 Å². The van der Waals surface area contributed by atoms with Crippen LogP contribution in [-0.2, 0) is 18.4 Å². The summed E-state index contributed by atoms with van der Waals surface area (Å²) in [5, 5.41) is -0.108. The fraction of sp³-hybridized carbons (Fsp3) is 0.375. The number of hydrogen-bond donors (Lipinski definition) is 1. The van der Waals surface area contributed by atoms with Gasteiger partial charge in [0.05, 0.1) is 0 Å². The molecular weight excluding hydrogens is 205 g/mol. The molecule has 1 atom stereocenters. The Kier molecular flexibility index (Phi) is 2.83. The van der Waals surface area contributed by atoms with Crippen LogP contribution in [0.2, 0.25) is 0 Å². The monoisotopic (exact) mass is 217 g/mol. The summed E-state index contributed by atoms with van der Waals surface area (Å²) in [6, 6.07) is 0. The zero-order valence-corrected chi connectivity index (χ0v) is 9.13. The summed E-state index contributed by atoms with van der Waals surface area (Å²) >= 11 is 0. The molecule has 1 unspecified atom stereocenters. The number of allylic oxidation sites excluding steroid dienone is 3. The van der Waals surface area contributed by atoms with Crippen LogP contribution in [0.3, 0.4) is 0 Å². The lowest BCUT2D eigenvalue weighted by Crippen LogP contribution is -2.16.